The third kappa shape index (κ3) is 22.6. The van der Waals surface area contributed by atoms with E-state index in [-0.39, 0.29) is 37.1 Å². The molecule has 0 N–H and O–H groups in total. The molecule has 0 bridgehead atoms. The molecule has 0 saturated heterocycles. The van der Waals surface area contributed by atoms with Crippen molar-refractivity contribution >= 4 is 23.7 Å². The van der Waals surface area contributed by atoms with Crippen molar-refractivity contribution in [3.63, 3.8) is 0 Å². The number of carbonyl (C=O) groups excluding carboxylic acids is 4. The van der Waals surface area contributed by atoms with Crippen LogP contribution in [-0.2, 0) is 33.4 Å². The van der Waals surface area contributed by atoms with Gasteiger partial charge in [-0.1, -0.05) is 98.5 Å². The highest BCUT2D eigenvalue weighted by Gasteiger charge is 2.25. The van der Waals surface area contributed by atoms with E-state index in [0.29, 0.717) is 32.5 Å². The summed E-state index contributed by atoms with van der Waals surface area (Å²) in [6.07, 6.45) is 15.5. The molecular weight excluding hydrogens is 508 g/mol. The third-order valence-corrected chi connectivity index (χ3v) is 7.08. The smallest absolute Gasteiger partial charge is 0.306 e. The molecule has 0 aromatic carbocycles. The number of hydrogen-bond acceptors (Lipinski definition) is 7. The predicted octanol–water partition coefficient (Wildman–Crippen LogP) is 8.07. The molecule has 0 heterocycles. The Morgan fingerprint density at radius 3 is 1.55 bits per heavy atom. The second kappa shape index (κ2) is 25.8. The summed E-state index contributed by atoms with van der Waals surface area (Å²) in [5.41, 5.74) is 0. The van der Waals surface area contributed by atoms with E-state index < -0.39 is 23.8 Å². The summed E-state index contributed by atoms with van der Waals surface area (Å²) in [7, 11) is 0. The minimum Gasteiger partial charge on any atom is -0.466 e. The Kier molecular flexibility index (Phi) is 24.4. The van der Waals surface area contributed by atoms with Crippen molar-refractivity contribution in [1.29, 1.82) is 0 Å². The van der Waals surface area contributed by atoms with Crippen molar-refractivity contribution < 1.29 is 33.4 Å². The monoisotopic (exact) mass is 566 g/mol. The summed E-state index contributed by atoms with van der Waals surface area (Å²) < 4.78 is 16.5. The molecule has 0 fully saturated rings. The fraction of sp³-hybridized carbons (Fsp3) is 0.818. The highest BCUT2D eigenvalue weighted by atomic mass is 16.5. The normalized spacial score (nSPS) is 12.5. The molecular formula is C33H58O7. The Hall–Kier alpha value is -2.18. The molecule has 0 amide bonds. The van der Waals surface area contributed by atoms with Gasteiger partial charge in [-0.2, -0.15) is 0 Å². The van der Waals surface area contributed by atoms with E-state index in [9.17, 15) is 19.2 Å². The molecule has 1 unspecified atom stereocenters. The van der Waals surface area contributed by atoms with Crippen LogP contribution in [0.3, 0.4) is 0 Å². The summed E-state index contributed by atoms with van der Waals surface area (Å²) in [5, 5.41) is 0. The molecule has 0 spiro atoms. The summed E-state index contributed by atoms with van der Waals surface area (Å²) in [5.74, 6) is -1.79. The molecule has 0 aliphatic heterocycles. The number of unbranched alkanes of at least 4 members (excludes halogenated alkanes) is 10. The van der Waals surface area contributed by atoms with Crippen molar-refractivity contribution in [3.8, 4) is 0 Å². The van der Waals surface area contributed by atoms with Gasteiger partial charge in [0.1, 0.15) is 6.10 Å². The number of rotatable bonds is 27. The van der Waals surface area contributed by atoms with Gasteiger partial charge in [-0.15, -0.1) is 0 Å². The van der Waals surface area contributed by atoms with Gasteiger partial charge >= 0.3 is 17.9 Å². The number of ether oxygens (including phenoxy) is 3. The standard InChI is InChI=1S/C33H58O7/c1-6-10-12-14-16-18-20-38-31(35)24-28(25-32(36)39-21-19-17-15-13-11-7-2)26-33(37)40-30(9-4)23-27(5)22-29(34)8-3/h8,27-28,30H,3,6-7,9-26H2,1-2,4-5H3/t27?,30-/m0/s1. The van der Waals surface area contributed by atoms with Crippen LogP contribution in [0.2, 0.25) is 0 Å². The predicted molar refractivity (Wildman–Crippen MR) is 160 cm³/mol. The van der Waals surface area contributed by atoms with Gasteiger partial charge in [0.25, 0.3) is 0 Å². The van der Waals surface area contributed by atoms with E-state index in [0.717, 1.165) is 38.5 Å². The van der Waals surface area contributed by atoms with Gasteiger partial charge in [-0.25, -0.2) is 0 Å². The first-order valence-corrected chi connectivity index (χ1v) is 15.9. The highest BCUT2D eigenvalue weighted by molar-refractivity contribution is 5.89. The minimum atomic E-state index is -0.543. The maximum absolute atomic E-state index is 12.8. The minimum absolute atomic E-state index is 0.0297. The number of esters is 3. The van der Waals surface area contributed by atoms with E-state index in [2.05, 4.69) is 20.4 Å². The van der Waals surface area contributed by atoms with Crippen LogP contribution < -0.4 is 0 Å². The quantitative estimate of drug-likeness (QED) is 0.0429. The molecule has 0 aliphatic rings. The SMILES string of the molecule is C=CC(=O)CC(C)C[C@H](CC)OC(=O)CC(CC(=O)OCCCCCCCC)CC(=O)OCCCCCCCC. The van der Waals surface area contributed by atoms with Crippen molar-refractivity contribution in [1.82, 2.24) is 0 Å². The van der Waals surface area contributed by atoms with E-state index in [1.165, 1.54) is 44.6 Å². The maximum atomic E-state index is 12.8. The molecule has 2 atom stereocenters. The van der Waals surface area contributed by atoms with E-state index in [1.807, 2.05) is 13.8 Å². The van der Waals surface area contributed by atoms with Gasteiger partial charge in [0.05, 0.1) is 13.2 Å². The zero-order valence-corrected chi connectivity index (χ0v) is 26.0. The van der Waals surface area contributed by atoms with Gasteiger partial charge in [0.15, 0.2) is 5.78 Å². The van der Waals surface area contributed by atoms with Gasteiger partial charge < -0.3 is 14.2 Å². The van der Waals surface area contributed by atoms with Gasteiger partial charge in [-0.3, -0.25) is 19.2 Å². The lowest BCUT2D eigenvalue weighted by molar-refractivity contribution is -0.153. The lowest BCUT2D eigenvalue weighted by Crippen LogP contribution is -2.25. The fourth-order valence-corrected chi connectivity index (χ4v) is 4.67. The number of allylic oxidation sites excluding steroid dienone is 1. The Morgan fingerprint density at radius 1 is 0.650 bits per heavy atom. The van der Waals surface area contributed by atoms with Crippen LogP contribution in [0.4, 0.5) is 0 Å². The summed E-state index contributed by atoms with van der Waals surface area (Å²) >= 11 is 0. The first-order valence-electron chi connectivity index (χ1n) is 15.9. The molecule has 0 aromatic heterocycles. The Labute approximate surface area is 244 Å². The summed E-state index contributed by atoms with van der Waals surface area (Å²) in [4.78, 5) is 49.5. The molecule has 0 radical (unpaired) electrons. The molecule has 0 aromatic rings. The van der Waals surface area contributed by atoms with Crippen molar-refractivity contribution in [3.05, 3.63) is 12.7 Å². The lowest BCUT2D eigenvalue weighted by atomic mass is 9.96. The van der Waals surface area contributed by atoms with Crippen LogP contribution in [0.15, 0.2) is 12.7 Å². The summed E-state index contributed by atoms with van der Waals surface area (Å²) in [6, 6.07) is 0. The average molecular weight is 567 g/mol. The largest absolute Gasteiger partial charge is 0.466 e. The van der Waals surface area contributed by atoms with Crippen LogP contribution in [0, 0.1) is 11.8 Å². The molecule has 0 rings (SSSR count). The first kappa shape index (κ1) is 37.8. The maximum Gasteiger partial charge on any atom is 0.306 e. The molecule has 40 heavy (non-hydrogen) atoms. The van der Waals surface area contributed by atoms with E-state index in [1.54, 1.807) is 0 Å². The topological polar surface area (TPSA) is 96.0 Å². The zero-order valence-electron chi connectivity index (χ0n) is 26.0. The molecule has 7 heteroatoms. The first-order chi connectivity index (χ1) is 19.2. The van der Waals surface area contributed by atoms with Crippen molar-refractivity contribution in [2.75, 3.05) is 13.2 Å². The molecule has 7 nitrogen and oxygen atoms in total. The van der Waals surface area contributed by atoms with Crippen LogP contribution in [0.1, 0.15) is 143 Å². The van der Waals surface area contributed by atoms with Gasteiger partial charge in [0.2, 0.25) is 0 Å². The molecule has 0 aliphatic carbocycles. The van der Waals surface area contributed by atoms with Crippen LogP contribution in [0.25, 0.3) is 0 Å². The van der Waals surface area contributed by atoms with Crippen LogP contribution >= 0.6 is 0 Å². The summed E-state index contributed by atoms with van der Waals surface area (Å²) in [6.45, 7) is 12.4. The van der Waals surface area contributed by atoms with Crippen molar-refractivity contribution in [2.45, 2.75) is 149 Å². The Morgan fingerprint density at radius 2 is 1.10 bits per heavy atom. The number of hydrogen-bond donors (Lipinski definition) is 0. The zero-order chi connectivity index (χ0) is 30.0. The van der Waals surface area contributed by atoms with Crippen LogP contribution in [-0.4, -0.2) is 43.0 Å². The Bertz CT molecular complexity index is 671. The number of carbonyl (C=O) groups is 4. The van der Waals surface area contributed by atoms with Crippen molar-refractivity contribution in [2.24, 2.45) is 11.8 Å². The highest BCUT2D eigenvalue weighted by Crippen LogP contribution is 2.21. The van der Waals surface area contributed by atoms with Gasteiger partial charge in [0, 0.05) is 25.7 Å². The van der Waals surface area contributed by atoms with Gasteiger partial charge in [-0.05, 0) is 43.6 Å². The Balaban J connectivity index is 4.83. The van der Waals surface area contributed by atoms with E-state index >= 15 is 0 Å². The van der Waals surface area contributed by atoms with Crippen LogP contribution in [0.5, 0.6) is 0 Å². The van der Waals surface area contributed by atoms with E-state index in [4.69, 9.17) is 14.2 Å². The average Bonchev–Trinajstić information content (AvgIpc) is 2.91. The third-order valence-electron chi connectivity index (χ3n) is 7.08. The molecule has 0 saturated carbocycles. The second-order valence-electron chi connectivity index (χ2n) is 11.2. The fourth-order valence-electron chi connectivity index (χ4n) is 4.67. The number of ketones is 1. The molecule has 232 valence electrons. The lowest BCUT2D eigenvalue weighted by Gasteiger charge is -2.21. The second-order valence-corrected chi connectivity index (χ2v) is 11.2.